The molecule has 0 saturated heterocycles. The molecular weight excluding hydrogens is 280 g/mol. The van der Waals surface area contributed by atoms with Crippen molar-refractivity contribution in [3.63, 3.8) is 0 Å². The van der Waals surface area contributed by atoms with Gasteiger partial charge in [0.2, 0.25) is 0 Å². The number of hydrogen-bond acceptors (Lipinski definition) is 2. The zero-order valence-corrected chi connectivity index (χ0v) is 12.6. The number of halogens is 1. The number of amides is 2. The first-order valence-corrected chi connectivity index (χ1v) is 6.77. The topological polar surface area (TPSA) is 69.6 Å². The van der Waals surface area contributed by atoms with Crippen LogP contribution in [0.2, 0.25) is 5.02 Å². The molecule has 0 fully saturated rings. The van der Waals surface area contributed by atoms with E-state index in [1.807, 2.05) is 0 Å². The van der Waals surface area contributed by atoms with Gasteiger partial charge in [-0.15, -0.1) is 0 Å². The van der Waals surface area contributed by atoms with Gasteiger partial charge in [0.25, 0.3) is 0 Å². The van der Waals surface area contributed by atoms with Gasteiger partial charge in [0.1, 0.15) is 0 Å². The van der Waals surface area contributed by atoms with E-state index in [-0.39, 0.29) is 17.3 Å². The van der Waals surface area contributed by atoms with Gasteiger partial charge in [-0.05, 0) is 24.1 Å². The molecule has 20 heavy (non-hydrogen) atoms. The van der Waals surface area contributed by atoms with E-state index in [1.54, 1.807) is 7.05 Å². The Labute approximate surface area is 123 Å². The Morgan fingerprint density at radius 2 is 2.10 bits per heavy atom. The molecule has 0 heterocycles. The molecular formula is C14H19ClN2O3. The van der Waals surface area contributed by atoms with Gasteiger partial charge in [0.05, 0.1) is 11.3 Å². The number of anilines is 1. The molecule has 6 heteroatoms. The van der Waals surface area contributed by atoms with Crippen molar-refractivity contribution in [2.45, 2.75) is 20.3 Å². The number of nitrogens with one attached hydrogen (secondary N) is 1. The molecule has 2 amide bonds. The van der Waals surface area contributed by atoms with Crippen LogP contribution in [0.25, 0.3) is 0 Å². The summed E-state index contributed by atoms with van der Waals surface area (Å²) in [6, 6.07) is 4.00. The Bertz CT molecular complexity index is 505. The van der Waals surface area contributed by atoms with Crippen LogP contribution < -0.4 is 5.32 Å². The van der Waals surface area contributed by atoms with Gasteiger partial charge in [0.15, 0.2) is 0 Å². The first-order chi connectivity index (χ1) is 9.35. The maximum absolute atomic E-state index is 12.0. The van der Waals surface area contributed by atoms with Crippen molar-refractivity contribution < 1.29 is 14.7 Å². The predicted octanol–water partition coefficient (Wildman–Crippen LogP) is 3.55. The van der Waals surface area contributed by atoms with Crippen LogP contribution in [0.1, 0.15) is 30.6 Å². The molecule has 0 radical (unpaired) electrons. The standard InChI is InChI=1S/C14H19ClN2O3/c1-4-9(2)8-17(3)14(20)16-12-6-5-10(15)7-11(12)13(18)19/h5-7,9H,4,8H2,1-3H3,(H,16,20)(H,18,19). The van der Waals surface area contributed by atoms with Gasteiger partial charge in [0, 0.05) is 18.6 Å². The summed E-state index contributed by atoms with van der Waals surface area (Å²) in [5, 5.41) is 12.0. The van der Waals surface area contributed by atoms with E-state index in [2.05, 4.69) is 19.2 Å². The lowest BCUT2D eigenvalue weighted by atomic mass is 10.1. The molecule has 0 saturated carbocycles. The number of carbonyl (C=O) groups is 2. The van der Waals surface area contributed by atoms with Gasteiger partial charge in [-0.3, -0.25) is 0 Å². The third-order valence-corrected chi connectivity index (χ3v) is 3.32. The highest BCUT2D eigenvalue weighted by molar-refractivity contribution is 6.31. The maximum atomic E-state index is 12.0. The molecule has 110 valence electrons. The summed E-state index contributed by atoms with van der Waals surface area (Å²) in [6.45, 7) is 4.71. The highest BCUT2D eigenvalue weighted by Gasteiger charge is 2.16. The van der Waals surface area contributed by atoms with Crippen LogP contribution >= 0.6 is 11.6 Å². The van der Waals surface area contributed by atoms with E-state index in [9.17, 15) is 9.59 Å². The molecule has 2 N–H and O–H groups in total. The highest BCUT2D eigenvalue weighted by atomic mass is 35.5. The summed E-state index contributed by atoms with van der Waals surface area (Å²) in [6.07, 6.45) is 0.971. The van der Waals surface area contributed by atoms with E-state index in [1.165, 1.54) is 23.1 Å². The zero-order chi connectivity index (χ0) is 15.3. The van der Waals surface area contributed by atoms with Crippen molar-refractivity contribution in [3.8, 4) is 0 Å². The van der Waals surface area contributed by atoms with Gasteiger partial charge >= 0.3 is 12.0 Å². The molecule has 0 spiro atoms. The lowest BCUT2D eigenvalue weighted by Crippen LogP contribution is -2.34. The van der Waals surface area contributed by atoms with Crippen molar-refractivity contribution >= 4 is 29.3 Å². The predicted molar refractivity (Wildman–Crippen MR) is 79.5 cm³/mol. The van der Waals surface area contributed by atoms with Crippen LogP contribution in [0.15, 0.2) is 18.2 Å². The largest absolute Gasteiger partial charge is 0.478 e. The normalized spacial score (nSPS) is 11.8. The number of aromatic carboxylic acids is 1. The number of rotatable bonds is 5. The number of hydrogen-bond donors (Lipinski definition) is 2. The van der Waals surface area contributed by atoms with Gasteiger partial charge < -0.3 is 15.3 Å². The van der Waals surface area contributed by atoms with Crippen molar-refractivity contribution in [2.24, 2.45) is 5.92 Å². The van der Waals surface area contributed by atoms with E-state index in [0.717, 1.165) is 6.42 Å². The van der Waals surface area contributed by atoms with E-state index < -0.39 is 5.97 Å². The SMILES string of the molecule is CCC(C)CN(C)C(=O)Nc1ccc(Cl)cc1C(=O)O. The molecule has 1 atom stereocenters. The number of carboxylic acids is 1. The lowest BCUT2D eigenvalue weighted by Gasteiger charge is -2.21. The summed E-state index contributed by atoms with van der Waals surface area (Å²) in [4.78, 5) is 24.7. The van der Waals surface area contributed by atoms with Crippen LogP contribution in [0.3, 0.4) is 0 Å². The number of nitrogens with zero attached hydrogens (tertiary/aromatic N) is 1. The Morgan fingerprint density at radius 1 is 1.45 bits per heavy atom. The fourth-order valence-electron chi connectivity index (χ4n) is 1.69. The Kier molecular flexibility index (Phi) is 5.82. The zero-order valence-electron chi connectivity index (χ0n) is 11.8. The van der Waals surface area contributed by atoms with Crippen LogP contribution in [0.5, 0.6) is 0 Å². The third kappa shape index (κ3) is 4.42. The smallest absolute Gasteiger partial charge is 0.337 e. The number of carboxylic acid groups (broad SMARTS) is 1. The monoisotopic (exact) mass is 298 g/mol. The Balaban J connectivity index is 2.83. The summed E-state index contributed by atoms with van der Waals surface area (Å²) < 4.78 is 0. The van der Waals surface area contributed by atoms with Gasteiger partial charge in [-0.2, -0.15) is 0 Å². The molecule has 1 aromatic rings. The molecule has 1 rings (SSSR count). The molecule has 0 aliphatic rings. The minimum absolute atomic E-state index is 0.0252. The van der Waals surface area contributed by atoms with E-state index in [0.29, 0.717) is 17.5 Å². The molecule has 0 aliphatic heterocycles. The summed E-state index contributed by atoms with van der Waals surface area (Å²) in [5.41, 5.74) is 0.214. The molecule has 1 aromatic carbocycles. The van der Waals surface area contributed by atoms with Crippen LogP contribution in [-0.4, -0.2) is 35.6 Å². The minimum atomic E-state index is -1.13. The number of urea groups is 1. The number of benzene rings is 1. The second-order valence-corrected chi connectivity index (χ2v) is 5.26. The third-order valence-electron chi connectivity index (χ3n) is 3.08. The quantitative estimate of drug-likeness (QED) is 0.873. The van der Waals surface area contributed by atoms with Crippen LogP contribution in [-0.2, 0) is 0 Å². The van der Waals surface area contributed by atoms with Crippen molar-refractivity contribution in [3.05, 3.63) is 28.8 Å². The molecule has 0 aliphatic carbocycles. The molecule has 1 unspecified atom stereocenters. The van der Waals surface area contributed by atoms with Crippen LogP contribution in [0, 0.1) is 5.92 Å². The molecule has 5 nitrogen and oxygen atoms in total. The number of carbonyl (C=O) groups excluding carboxylic acids is 1. The van der Waals surface area contributed by atoms with E-state index >= 15 is 0 Å². The Morgan fingerprint density at radius 3 is 2.65 bits per heavy atom. The van der Waals surface area contributed by atoms with Gasteiger partial charge in [-0.1, -0.05) is 31.9 Å². The second-order valence-electron chi connectivity index (χ2n) is 4.82. The van der Waals surface area contributed by atoms with Crippen molar-refractivity contribution in [1.82, 2.24) is 4.90 Å². The second kappa shape index (κ2) is 7.14. The Hall–Kier alpha value is -1.75. The summed E-state index contributed by atoms with van der Waals surface area (Å²) in [5.74, 6) is -0.748. The summed E-state index contributed by atoms with van der Waals surface area (Å²) in [7, 11) is 1.68. The van der Waals surface area contributed by atoms with Gasteiger partial charge in [-0.25, -0.2) is 9.59 Å². The van der Waals surface area contributed by atoms with Crippen molar-refractivity contribution in [2.75, 3.05) is 18.9 Å². The minimum Gasteiger partial charge on any atom is -0.478 e. The fraction of sp³-hybridized carbons (Fsp3) is 0.429. The summed E-state index contributed by atoms with van der Waals surface area (Å²) >= 11 is 5.76. The van der Waals surface area contributed by atoms with Crippen LogP contribution in [0.4, 0.5) is 10.5 Å². The highest BCUT2D eigenvalue weighted by Crippen LogP contribution is 2.21. The van der Waals surface area contributed by atoms with Crippen molar-refractivity contribution in [1.29, 1.82) is 0 Å². The first-order valence-electron chi connectivity index (χ1n) is 6.40. The lowest BCUT2D eigenvalue weighted by molar-refractivity contribution is 0.0698. The first kappa shape index (κ1) is 16.3. The maximum Gasteiger partial charge on any atom is 0.337 e. The molecule has 0 bridgehead atoms. The fourth-order valence-corrected chi connectivity index (χ4v) is 1.86. The van der Waals surface area contributed by atoms with E-state index in [4.69, 9.17) is 16.7 Å². The molecule has 0 aromatic heterocycles. The average molecular weight is 299 g/mol. The average Bonchev–Trinajstić information content (AvgIpc) is 2.40.